The van der Waals surface area contributed by atoms with Crippen LogP contribution in [0.1, 0.15) is 16.1 Å². The van der Waals surface area contributed by atoms with Crippen molar-refractivity contribution in [1.82, 2.24) is 10.5 Å². The Hall–Kier alpha value is -3.84. The van der Waals surface area contributed by atoms with Gasteiger partial charge in [0.25, 0.3) is 5.91 Å². The van der Waals surface area contributed by atoms with Crippen LogP contribution in [-0.2, 0) is 6.54 Å². The molecule has 0 atom stereocenters. The van der Waals surface area contributed by atoms with Gasteiger partial charge in [-0.05, 0) is 54.1 Å². The Kier molecular flexibility index (Phi) is 7.22. The summed E-state index contributed by atoms with van der Waals surface area (Å²) in [6, 6.07) is 22.0. The number of carbonyl (C=O) groups is 1. The summed E-state index contributed by atoms with van der Waals surface area (Å²) in [6.07, 6.45) is 0. The third-order valence-electron chi connectivity index (χ3n) is 4.69. The Bertz CT molecular complexity index is 1210. The van der Waals surface area contributed by atoms with E-state index in [2.05, 4.69) is 10.5 Å². The molecule has 1 N–H and O–H groups in total. The fourth-order valence-corrected chi connectivity index (χ4v) is 3.13. The Morgan fingerprint density at radius 1 is 0.939 bits per heavy atom. The maximum absolute atomic E-state index is 13.9. The Balaban J connectivity index is 1.22. The summed E-state index contributed by atoms with van der Waals surface area (Å²) < 4.78 is 30.2. The second kappa shape index (κ2) is 10.7. The fourth-order valence-electron chi connectivity index (χ4n) is 3.00. The van der Waals surface area contributed by atoms with Crippen molar-refractivity contribution < 1.29 is 23.2 Å². The molecule has 0 aliphatic carbocycles. The summed E-state index contributed by atoms with van der Waals surface area (Å²) >= 11 is 5.84. The quantitative estimate of drug-likeness (QED) is 0.329. The van der Waals surface area contributed by atoms with E-state index in [0.29, 0.717) is 24.0 Å². The first-order valence-electron chi connectivity index (χ1n) is 10.2. The molecule has 0 bridgehead atoms. The van der Waals surface area contributed by atoms with Crippen LogP contribution in [0.2, 0.25) is 5.02 Å². The third-order valence-corrected chi connectivity index (χ3v) is 4.95. The molecular formula is C25H20ClFN2O4. The molecule has 4 rings (SSSR count). The van der Waals surface area contributed by atoms with Crippen LogP contribution in [0.25, 0.3) is 11.3 Å². The first-order chi connectivity index (χ1) is 16.1. The molecule has 0 radical (unpaired) electrons. The molecule has 0 spiro atoms. The summed E-state index contributed by atoms with van der Waals surface area (Å²) in [4.78, 5) is 12.3. The molecule has 1 amide bonds. The van der Waals surface area contributed by atoms with Crippen molar-refractivity contribution in [3.05, 3.63) is 101 Å². The summed E-state index contributed by atoms with van der Waals surface area (Å²) in [5.74, 6) is 0.548. The average Bonchev–Trinajstić information content (AvgIpc) is 3.33. The molecular weight excluding hydrogens is 447 g/mol. The van der Waals surface area contributed by atoms with E-state index in [9.17, 15) is 9.18 Å². The number of hydrogen-bond acceptors (Lipinski definition) is 5. The highest BCUT2D eigenvalue weighted by Gasteiger charge is 2.15. The van der Waals surface area contributed by atoms with E-state index in [1.54, 1.807) is 42.5 Å². The minimum absolute atomic E-state index is 0.00824. The number of rotatable bonds is 9. The van der Waals surface area contributed by atoms with Gasteiger partial charge in [-0.25, -0.2) is 4.39 Å². The maximum atomic E-state index is 13.9. The number of aromatic nitrogens is 1. The van der Waals surface area contributed by atoms with Crippen LogP contribution in [0.3, 0.4) is 0 Å². The number of nitrogens with zero attached hydrogens (tertiary/aromatic N) is 1. The van der Waals surface area contributed by atoms with Crippen LogP contribution >= 0.6 is 11.6 Å². The monoisotopic (exact) mass is 466 g/mol. The highest BCUT2D eigenvalue weighted by atomic mass is 35.5. The molecule has 8 heteroatoms. The summed E-state index contributed by atoms with van der Waals surface area (Å²) in [6.45, 7) is 1.06. The Morgan fingerprint density at radius 2 is 1.58 bits per heavy atom. The zero-order valence-corrected chi connectivity index (χ0v) is 18.2. The van der Waals surface area contributed by atoms with Gasteiger partial charge in [0.2, 0.25) is 5.76 Å². The van der Waals surface area contributed by atoms with Crippen molar-refractivity contribution in [2.24, 2.45) is 0 Å². The molecule has 0 unspecified atom stereocenters. The molecule has 0 aliphatic rings. The molecule has 0 saturated carbocycles. The van der Waals surface area contributed by atoms with Gasteiger partial charge in [0.05, 0.1) is 0 Å². The fraction of sp³-hybridized carbons (Fsp3) is 0.120. The number of halogens is 2. The summed E-state index contributed by atoms with van der Waals surface area (Å²) in [5.41, 5.74) is 1.41. The molecule has 0 fully saturated rings. The topological polar surface area (TPSA) is 73.6 Å². The zero-order chi connectivity index (χ0) is 23.0. The van der Waals surface area contributed by atoms with Crippen molar-refractivity contribution in [3.63, 3.8) is 0 Å². The SMILES string of the molecule is O=C(NCc1ccc(OCCOc2ccc(Cl)cc2)cc1)c1cc(-c2ccccc2F)no1. The van der Waals surface area contributed by atoms with Gasteiger partial charge in [0.1, 0.15) is 36.2 Å². The van der Waals surface area contributed by atoms with Crippen LogP contribution in [-0.4, -0.2) is 24.3 Å². The number of benzene rings is 3. The van der Waals surface area contributed by atoms with E-state index in [1.807, 2.05) is 24.3 Å². The van der Waals surface area contributed by atoms with E-state index in [-0.39, 0.29) is 23.6 Å². The number of hydrogen-bond donors (Lipinski definition) is 1. The highest BCUT2D eigenvalue weighted by molar-refractivity contribution is 6.30. The molecule has 0 saturated heterocycles. The smallest absolute Gasteiger partial charge is 0.290 e. The summed E-state index contributed by atoms with van der Waals surface area (Å²) in [7, 11) is 0. The van der Waals surface area contributed by atoms with E-state index < -0.39 is 11.7 Å². The highest BCUT2D eigenvalue weighted by Crippen LogP contribution is 2.22. The predicted octanol–water partition coefficient (Wildman–Crippen LogP) is 5.52. The lowest BCUT2D eigenvalue weighted by Crippen LogP contribution is -2.22. The maximum Gasteiger partial charge on any atom is 0.290 e. The second-order valence-electron chi connectivity index (χ2n) is 7.03. The van der Waals surface area contributed by atoms with Crippen LogP contribution < -0.4 is 14.8 Å². The minimum atomic E-state index is -0.440. The van der Waals surface area contributed by atoms with Crippen LogP contribution in [0, 0.1) is 5.82 Å². The Labute approximate surface area is 194 Å². The molecule has 168 valence electrons. The largest absolute Gasteiger partial charge is 0.490 e. The molecule has 1 aromatic heterocycles. The first kappa shape index (κ1) is 22.4. The van der Waals surface area contributed by atoms with Gasteiger partial charge in [0, 0.05) is 23.2 Å². The number of ether oxygens (including phenoxy) is 2. The van der Waals surface area contributed by atoms with Crippen molar-refractivity contribution in [3.8, 4) is 22.8 Å². The minimum Gasteiger partial charge on any atom is -0.490 e. The molecule has 1 heterocycles. The molecule has 0 aliphatic heterocycles. The Morgan fingerprint density at radius 3 is 2.24 bits per heavy atom. The van der Waals surface area contributed by atoms with Crippen molar-refractivity contribution in [2.75, 3.05) is 13.2 Å². The number of carbonyl (C=O) groups excluding carboxylic acids is 1. The van der Waals surface area contributed by atoms with Gasteiger partial charge in [-0.15, -0.1) is 0 Å². The van der Waals surface area contributed by atoms with Gasteiger partial charge in [0.15, 0.2) is 0 Å². The van der Waals surface area contributed by atoms with Gasteiger partial charge in [-0.1, -0.05) is 41.0 Å². The lowest BCUT2D eigenvalue weighted by atomic mass is 10.1. The predicted molar refractivity (Wildman–Crippen MR) is 122 cm³/mol. The van der Waals surface area contributed by atoms with Gasteiger partial charge < -0.3 is 19.3 Å². The van der Waals surface area contributed by atoms with E-state index in [4.69, 9.17) is 25.6 Å². The van der Waals surface area contributed by atoms with E-state index in [0.717, 1.165) is 11.3 Å². The first-order valence-corrected chi connectivity index (χ1v) is 10.6. The normalized spacial score (nSPS) is 10.6. The summed E-state index contributed by atoms with van der Waals surface area (Å²) in [5, 5.41) is 7.19. The van der Waals surface area contributed by atoms with Crippen LogP contribution in [0.5, 0.6) is 11.5 Å². The van der Waals surface area contributed by atoms with E-state index >= 15 is 0 Å². The number of nitrogens with one attached hydrogen (secondary N) is 1. The van der Waals surface area contributed by atoms with Crippen molar-refractivity contribution in [1.29, 1.82) is 0 Å². The second-order valence-corrected chi connectivity index (χ2v) is 7.47. The van der Waals surface area contributed by atoms with E-state index in [1.165, 1.54) is 12.1 Å². The standard InChI is InChI=1S/C25H20ClFN2O4/c26-18-7-11-20(12-8-18)32-14-13-31-19-9-5-17(6-10-19)16-28-25(30)24-15-23(29-33-24)21-3-1-2-4-22(21)27/h1-12,15H,13-14,16H2,(H,28,30). The molecule has 3 aromatic carbocycles. The molecule has 33 heavy (non-hydrogen) atoms. The third kappa shape index (κ3) is 6.11. The number of amides is 1. The molecule has 4 aromatic rings. The van der Waals surface area contributed by atoms with Crippen molar-refractivity contribution >= 4 is 17.5 Å². The van der Waals surface area contributed by atoms with Gasteiger partial charge >= 0.3 is 0 Å². The van der Waals surface area contributed by atoms with Crippen molar-refractivity contribution in [2.45, 2.75) is 6.54 Å². The lowest BCUT2D eigenvalue weighted by Gasteiger charge is -2.09. The van der Waals surface area contributed by atoms with Gasteiger partial charge in [-0.2, -0.15) is 0 Å². The van der Waals surface area contributed by atoms with Crippen LogP contribution in [0.15, 0.2) is 83.4 Å². The zero-order valence-electron chi connectivity index (χ0n) is 17.5. The molecule has 6 nitrogen and oxygen atoms in total. The van der Waals surface area contributed by atoms with Crippen LogP contribution in [0.4, 0.5) is 4.39 Å². The van der Waals surface area contributed by atoms with Gasteiger partial charge in [-0.3, -0.25) is 4.79 Å². The average molecular weight is 467 g/mol. The lowest BCUT2D eigenvalue weighted by molar-refractivity contribution is 0.0914.